The molecule has 1 rings (SSSR count). The van der Waals surface area contributed by atoms with Gasteiger partial charge in [0.05, 0.1) is 6.61 Å². The summed E-state index contributed by atoms with van der Waals surface area (Å²) >= 11 is 0. The lowest BCUT2D eigenvalue weighted by atomic mass is 9.97. The van der Waals surface area contributed by atoms with Crippen molar-refractivity contribution in [3.05, 3.63) is 29.8 Å². The molecule has 1 aromatic carbocycles. The molecule has 0 aliphatic heterocycles. The summed E-state index contributed by atoms with van der Waals surface area (Å²) in [4.78, 5) is 0. The van der Waals surface area contributed by atoms with Crippen LogP contribution in [-0.4, -0.2) is 6.61 Å². The monoisotopic (exact) mass is 236 g/mol. The maximum absolute atomic E-state index is 5.63. The van der Waals surface area contributed by atoms with Crippen molar-refractivity contribution >= 4 is 0 Å². The summed E-state index contributed by atoms with van der Waals surface area (Å²) in [6, 6.07) is 8.36. The molecule has 96 valence electrons. The zero-order valence-electron chi connectivity index (χ0n) is 11.1. The first kappa shape index (κ1) is 14.0. The van der Waals surface area contributed by atoms with E-state index in [1.165, 1.54) is 5.56 Å². The van der Waals surface area contributed by atoms with Gasteiger partial charge in [-0.05, 0) is 36.5 Å². The molecule has 1 atom stereocenters. The van der Waals surface area contributed by atoms with Crippen molar-refractivity contribution in [1.29, 1.82) is 0 Å². The molecule has 1 aromatic rings. The van der Waals surface area contributed by atoms with Crippen molar-refractivity contribution in [2.45, 2.75) is 39.7 Å². The molecule has 0 aliphatic carbocycles. The fourth-order valence-electron chi connectivity index (χ4n) is 1.81. The third-order valence-corrected chi connectivity index (χ3v) is 2.64. The van der Waals surface area contributed by atoms with Crippen molar-refractivity contribution in [3.63, 3.8) is 0 Å². The summed E-state index contributed by atoms with van der Waals surface area (Å²) in [5, 5.41) is 0. The Labute approximate surface area is 104 Å². The summed E-state index contributed by atoms with van der Waals surface area (Å²) in [6.45, 7) is 7.25. The van der Waals surface area contributed by atoms with E-state index >= 15 is 0 Å². The van der Waals surface area contributed by atoms with Gasteiger partial charge in [0, 0.05) is 6.04 Å². The molecule has 3 N–H and O–H groups in total. The first-order chi connectivity index (χ1) is 8.17. The van der Waals surface area contributed by atoms with Crippen LogP contribution in [0.25, 0.3) is 0 Å². The highest BCUT2D eigenvalue weighted by Gasteiger charge is 2.12. The lowest BCUT2D eigenvalue weighted by Crippen LogP contribution is -2.29. The lowest BCUT2D eigenvalue weighted by Gasteiger charge is -2.19. The predicted molar refractivity (Wildman–Crippen MR) is 71.7 cm³/mol. The summed E-state index contributed by atoms with van der Waals surface area (Å²) in [5.74, 6) is 7.14. The van der Waals surface area contributed by atoms with Crippen molar-refractivity contribution < 1.29 is 4.74 Å². The Morgan fingerprint density at radius 1 is 1.35 bits per heavy atom. The minimum atomic E-state index is 0.195. The summed E-state index contributed by atoms with van der Waals surface area (Å²) < 4.78 is 5.63. The van der Waals surface area contributed by atoms with E-state index in [9.17, 15) is 0 Å². The van der Waals surface area contributed by atoms with Crippen LogP contribution in [0.5, 0.6) is 5.75 Å². The second-order valence-electron chi connectivity index (χ2n) is 4.77. The molecular formula is C14H24N2O. The lowest BCUT2D eigenvalue weighted by molar-refractivity contribution is 0.316. The zero-order valence-corrected chi connectivity index (χ0v) is 11.1. The van der Waals surface area contributed by atoms with Crippen LogP contribution in [0.3, 0.4) is 0 Å². The van der Waals surface area contributed by atoms with E-state index in [0.717, 1.165) is 25.2 Å². The van der Waals surface area contributed by atoms with Crippen LogP contribution in [0.2, 0.25) is 0 Å². The van der Waals surface area contributed by atoms with Crippen LogP contribution < -0.4 is 16.0 Å². The van der Waals surface area contributed by atoms with Crippen LogP contribution in [0, 0.1) is 5.92 Å². The quantitative estimate of drug-likeness (QED) is 0.565. The summed E-state index contributed by atoms with van der Waals surface area (Å²) in [5.41, 5.74) is 4.07. The Hall–Kier alpha value is -1.06. The maximum atomic E-state index is 5.63. The van der Waals surface area contributed by atoms with E-state index in [4.69, 9.17) is 10.6 Å². The van der Waals surface area contributed by atoms with Gasteiger partial charge in [0.15, 0.2) is 0 Å². The molecule has 0 saturated carbocycles. The molecule has 1 unspecified atom stereocenters. The summed E-state index contributed by atoms with van der Waals surface area (Å²) in [6.07, 6.45) is 2.04. The van der Waals surface area contributed by atoms with E-state index in [0.29, 0.717) is 5.92 Å². The number of rotatable bonds is 7. The SMILES string of the molecule is CCCOc1cccc(C(CC(C)C)NN)c1. The average Bonchev–Trinajstić information content (AvgIpc) is 2.33. The molecule has 0 bridgehead atoms. The largest absolute Gasteiger partial charge is 0.494 e. The van der Waals surface area contributed by atoms with Gasteiger partial charge in [-0.3, -0.25) is 11.3 Å². The molecule has 3 nitrogen and oxygen atoms in total. The standard InChI is InChI=1S/C14H24N2O/c1-4-8-17-13-7-5-6-12(10-13)14(16-15)9-11(2)3/h5-7,10-11,14,16H,4,8-9,15H2,1-3H3. The smallest absolute Gasteiger partial charge is 0.119 e. The van der Waals surface area contributed by atoms with Crippen molar-refractivity contribution in [2.24, 2.45) is 11.8 Å². The van der Waals surface area contributed by atoms with Gasteiger partial charge in [-0.2, -0.15) is 0 Å². The fraction of sp³-hybridized carbons (Fsp3) is 0.571. The van der Waals surface area contributed by atoms with Gasteiger partial charge >= 0.3 is 0 Å². The fourth-order valence-corrected chi connectivity index (χ4v) is 1.81. The van der Waals surface area contributed by atoms with E-state index in [1.54, 1.807) is 0 Å². The molecule has 0 heterocycles. The molecule has 0 amide bonds. The van der Waals surface area contributed by atoms with Crippen LogP contribution >= 0.6 is 0 Å². The molecule has 0 saturated heterocycles. The topological polar surface area (TPSA) is 47.3 Å². The first-order valence-electron chi connectivity index (χ1n) is 6.36. The molecule has 17 heavy (non-hydrogen) atoms. The number of nitrogens with two attached hydrogens (primary N) is 1. The van der Waals surface area contributed by atoms with Gasteiger partial charge in [0.1, 0.15) is 5.75 Å². The Kier molecular flexibility index (Phi) is 6.01. The Morgan fingerprint density at radius 2 is 2.12 bits per heavy atom. The maximum Gasteiger partial charge on any atom is 0.119 e. The zero-order chi connectivity index (χ0) is 12.7. The third kappa shape index (κ3) is 4.75. The average molecular weight is 236 g/mol. The number of nitrogens with one attached hydrogen (secondary N) is 1. The predicted octanol–water partition coefficient (Wildman–Crippen LogP) is 3.03. The van der Waals surface area contributed by atoms with Crippen molar-refractivity contribution in [3.8, 4) is 5.75 Å². The first-order valence-corrected chi connectivity index (χ1v) is 6.36. The van der Waals surface area contributed by atoms with E-state index in [1.807, 2.05) is 12.1 Å². The molecular weight excluding hydrogens is 212 g/mol. The van der Waals surface area contributed by atoms with Crippen molar-refractivity contribution in [2.75, 3.05) is 6.61 Å². The van der Waals surface area contributed by atoms with E-state index in [-0.39, 0.29) is 6.04 Å². The van der Waals surface area contributed by atoms with Gasteiger partial charge in [0.2, 0.25) is 0 Å². The van der Waals surface area contributed by atoms with Crippen molar-refractivity contribution in [1.82, 2.24) is 5.43 Å². The number of hydrogen-bond acceptors (Lipinski definition) is 3. The van der Waals surface area contributed by atoms with Gasteiger partial charge in [0.25, 0.3) is 0 Å². The second kappa shape index (κ2) is 7.30. The number of hydrogen-bond donors (Lipinski definition) is 2. The normalized spacial score (nSPS) is 12.8. The number of hydrazine groups is 1. The molecule has 0 spiro atoms. The highest BCUT2D eigenvalue weighted by molar-refractivity contribution is 5.30. The molecule has 0 aliphatic rings. The van der Waals surface area contributed by atoms with Crippen LogP contribution in [0.1, 0.15) is 45.2 Å². The van der Waals surface area contributed by atoms with Gasteiger partial charge < -0.3 is 4.74 Å². The van der Waals surface area contributed by atoms with Crippen LogP contribution in [0.4, 0.5) is 0 Å². The third-order valence-electron chi connectivity index (χ3n) is 2.64. The second-order valence-corrected chi connectivity index (χ2v) is 4.77. The highest BCUT2D eigenvalue weighted by Crippen LogP contribution is 2.24. The molecule has 0 aromatic heterocycles. The number of benzene rings is 1. The minimum absolute atomic E-state index is 0.195. The van der Waals surface area contributed by atoms with Gasteiger partial charge in [-0.1, -0.05) is 32.9 Å². The summed E-state index contributed by atoms with van der Waals surface area (Å²) in [7, 11) is 0. The van der Waals surface area contributed by atoms with E-state index in [2.05, 4.69) is 38.3 Å². The van der Waals surface area contributed by atoms with Gasteiger partial charge in [-0.25, -0.2) is 0 Å². The minimum Gasteiger partial charge on any atom is -0.494 e. The van der Waals surface area contributed by atoms with Crippen LogP contribution in [-0.2, 0) is 0 Å². The molecule has 3 heteroatoms. The number of ether oxygens (including phenoxy) is 1. The van der Waals surface area contributed by atoms with Crippen LogP contribution in [0.15, 0.2) is 24.3 Å². The Bertz CT molecular complexity index is 326. The molecule has 0 radical (unpaired) electrons. The van der Waals surface area contributed by atoms with Gasteiger partial charge in [-0.15, -0.1) is 0 Å². The Balaban J connectivity index is 2.73. The van der Waals surface area contributed by atoms with E-state index < -0.39 is 0 Å². The Morgan fingerprint density at radius 3 is 2.71 bits per heavy atom. The molecule has 0 fully saturated rings. The highest BCUT2D eigenvalue weighted by atomic mass is 16.5.